The third kappa shape index (κ3) is 26.7. The number of ether oxygens (including phenoxy) is 2. The van der Waals surface area contributed by atoms with Crippen LogP contribution in [0.2, 0.25) is 0 Å². The van der Waals surface area contributed by atoms with E-state index in [-0.39, 0.29) is 5.56 Å². The Morgan fingerprint density at radius 3 is 1.20 bits per heavy atom. The molecule has 298 valence electrons. The van der Waals surface area contributed by atoms with Crippen molar-refractivity contribution in [2.75, 3.05) is 19.8 Å². The highest BCUT2D eigenvalue weighted by atomic mass is 16.5. The molecule has 0 unspecified atom stereocenters. The molecule has 1 aromatic rings. The number of carbonyl (C=O) groups excluding carboxylic acids is 1. The molecule has 8 heteroatoms. The van der Waals surface area contributed by atoms with Crippen LogP contribution in [0.3, 0.4) is 0 Å². The number of esters is 1. The number of rotatable bonds is 37. The lowest BCUT2D eigenvalue weighted by Crippen LogP contribution is -2.47. The molecule has 0 aromatic heterocycles. The lowest BCUT2D eigenvalue weighted by atomic mass is 10.0. The van der Waals surface area contributed by atoms with E-state index in [9.17, 15) is 25.2 Å². The molecule has 8 nitrogen and oxygen atoms in total. The third-order valence-electron chi connectivity index (χ3n) is 10.1. The van der Waals surface area contributed by atoms with Crippen LogP contribution in [0.5, 0.6) is 5.75 Å². The van der Waals surface area contributed by atoms with Gasteiger partial charge in [-0.15, -0.1) is 0 Å². The summed E-state index contributed by atoms with van der Waals surface area (Å²) in [5, 5.41) is 47.6. The molecule has 0 bridgehead atoms. The van der Waals surface area contributed by atoms with Crippen molar-refractivity contribution in [2.45, 2.75) is 211 Å². The minimum atomic E-state index is -1.78. The fraction of sp³-hybridized carbons (Fsp3) is 0.837. The van der Waals surface area contributed by atoms with E-state index in [0.29, 0.717) is 12.4 Å². The van der Waals surface area contributed by atoms with Gasteiger partial charge in [0.15, 0.2) is 0 Å². The molecule has 0 spiro atoms. The number of aliphatic hydroxyl groups is 5. The van der Waals surface area contributed by atoms with E-state index in [2.05, 4.69) is 6.92 Å². The van der Waals surface area contributed by atoms with Crippen LogP contribution in [-0.4, -0.2) is 75.7 Å². The van der Waals surface area contributed by atoms with Crippen LogP contribution in [0.4, 0.5) is 0 Å². The molecule has 0 amide bonds. The Bertz CT molecular complexity index is 894. The fourth-order valence-corrected chi connectivity index (χ4v) is 6.55. The van der Waals surface area contributed by atoms with Crippen LogP contribution in [-0.2, 0) is 4.74 Å². The molecular weight excluding hydrogens is 644 g/mol. The normalized spacial score (nSPS) is 13.9. The first kappa shape index (κ1) is 47.3. The molecular formula is C43H78O8. The lowest BCUT2D eigenvalue weighted by Gasteiger charge is -2.25. The monoisotopic (exact) mass is 723 g/mol. The highest BCUT2D eigenvalue weighted by Crippen LogP contribution is 2.18. The standard InChI is InChI=1S/C43H78O8/c1-2-3-4-5-6-7-8-9-10-11-12-13-14-15-16-17-18-19-20-21-22-23-24-25-26-27-28-29-34-50-38-32-30-37(31-33-38)43(49)51-36-40(46)42(48)41(47)39(45)35-44/h30-33,39-42,44-48H,2-29,34-36H2,1H3/t39-,40+,41+,42+/m0/s1. The van der Waals surface area contributed by atoms with Gasteiger partial charge < -0.3 is 35.0 Å². The number of unbranched alkanes of at least 4 members (excludes halogenated alkanes) is 27. The van der Waals surface area contributed by atoms with E-state index in [1.54, 1.807) is 24.3 Å². The van der Waals surface area contributed by atoms with Crippen molar-refractivity contribution in [1.29, 1.82) is 0 Å². The van der Waals surface area contributed by atoms with E-state index >= 15 is 0 Å². The third-order valence-corrected chi connectivity index (χ3v) is 10.1. The maximum absolute atomic E-state index is 12.2. The SMILES string of the molecule is CCCCCCCCCCCCCCCCCCCCCCCCCCCCCCOc1ccc(C(=O)OC[C@@H](O)[C@@H](O)[C@H](O)[C@@H](O)CO)cc1. The lowest BCUT2D eigenvalue weighted by molar-refractivity contribution is -0.124. The van der Waals surface area contributed by atoms with Crippen molar-refractivity contribution in [1.82, 2.24) is 0 Å². The van der Waals surface area contributed by atoms with Gasteiger partial charge in [-0.2, -0.15) is 0 Å². The summed E-state index contributed by atoms with van der Waals surface area (Å²) >= 11 is 0. The first-order chi connectivity index (χ1) is 24.9. The van der Waals surface area contributed by atoms with E-state index in [1.165, 1.54) is 167 Å². The van der Waals surface area contributed by atoms with Crippen molar-refractivity contribution in [3.8, 4) is 5.75 Å². The van der Waals surface area contributed by atoms with Crippen LogP contribution in [0, 0.1) is 0 Å². The van der Waals surface area contributed by atoms with E-state index in [0.717, 1.165) is 12.8 Å². The van der Waals surface area contributed by atoms with Crippen LogP contribution in [0.15, 0.2) is 24.3 Å². The Balaban J connectivity index is 1.84. The van der Waals surface area contributed by atoms with Crippen molar-refractivity contribution in [3.05, 3.63) is 29.8 Å². The van der Waals surface area contributed by atoms with Crippen molar-refractivity contribution < 1.29 is 39.8 Å². The van der Waals surface area contributed by atoms with Gasteiger partial charge in [-0.3, -0.25) is 0 Å². The second-order valence-electron chi connectivity index (χ2n) is 14.8. The summed E-state index contributed by atoms with van der Waals surface area (Å²) in [7, 11) is 0. The van der Waals surface area contributed by atoms with Crippen LogP contribution in [0.1, 0.15) is 197 Å². The molecule has 1 aromatic carbocycles. The van der Waals surface area contributed by atoms with Crippen molar-refractivity contribution >= 4 is 5.97 Å². The minimum Gasteiger partial charge on any atom is -0.494 e. The predicted molar refractivity (Wildman–Crippen MR) is 208 cm³/mol. The van der Waals surface area contributed by atoms with Gasteiger partial charge in [0.05, 0.1) is 18.8 Å². The largest absolute Gasteiger partial charge is 0.494 e. The Morgan fingerprint density at radius 1 is 0.510 bits per heavy atom. The first-order valence-corrected chi connectivity index (χ1v) is 21.1. The maximum atomic E-state index is 12.2. The first-order valence-electron chi connectivity index (χ1n) is 21.1. The summed E-state index contributed by atoms with van der Waals surface area (Å²) in [6.45, 7) is 1.56. The molecule has 5 N–H and O–H groups in total. The second kappa shape index (κ2) is 34.1. The Labute approximate surface area is 311 Å². The summed E-state index contributed by atoms with van der Waals surface area (Å²) in [6, 6.07) is 6.50. The summed E-state index contributed by atoms with van der Waals surface area (Å²) in [6.07, 6.45) is 32.0. The number of carbonyl (C=O) groups is 1. The van der Waals surface area contributed by atoms with Crippen molar-refractivity contribution in [2.24, 2.45) is 0 Å². The van der Waals surface area contributed by atoms with E-state index < -0.39 is 43.6 Å². The summed E-state index contributed by atoms with van der Waals surface area (Å²) in [5.41, 5.74) is 0.255. The average molecular weight is 723 g/mol. The molecule has 0 aliphatic heterocycles. The number of aliphatic hydroxyl groups excluding tert-OH is 5. The number of hydrogen-bond acceptors (Lipinski definition) is 8. The zero-order valence-corrected chi connectivity index (χ0v) is 32.5. The molecule has 0 saturated carbocycles. The molecule has 51 heavy (non-hydrogen) atoms. The quantitative estimate of drug-likeness (QED) is 0.0338. The van der Waals surface area contributed by atoms with Gasteiger partial charge >= 0.3 is 5.97 Å². The van der Waals surface area contributed by atoms with E-state index in [1.807, 2.05) is 0 Å². The smallest absolute Gasteiger partial charge is 0.338 e. The van der Waals surface area contributed by atoms with Gasteiger partial charge in [-0.1, -0.05) is 180 Å². The summed E-state index contributed by atoms with van der Waals surface area (Å²) in [5.74, 6) is -0.0427. The zero-order valence-electron chi connectivity index (χ0n) is 32.5. The highest BCUT2D eigenvalue weighted by molar-refractivity contribution is 5.89. The van der Waals surface area contributed by atoms with Gasteiger partial charge in [-0.25, -0.2) is 4.79 Å². The molecule has 1 rings (SSSR count). The van der Waals surface area contributed by atoms with Crippen LogP contribution < -0.4 is 4.74 Å². The molecule has 0 fully saturated rings. The molecule has 0 radical (unpaired) electrons. The number of hydrogen-bond donors (Lipinski definition) is 5. The summed E-state index contributed by atoms with van der Waals surface area (Å²) in [4.78, 5) is 12.2. The highest BCUT2D eigenvalue weighted by Gasteiger charge is 2.30. The van der Waals surface area contributed by atoms with Crippen LogP contribution in [0.25, 0.3) is 0 Å². The van der Waals surface area contributed by atoms with Gasteiger partial charge in [-0.05, 0) is 30.7 Å². The Kier molecular flexibility index (Phi) is 31.6. The second-order valence-corrected chi connectivity index (χ2v) is 14.8. The van der Waals surface area contributed by atoms with E-state index in [4.69, 9.17) is 14.6 Å². The maximum Gasteiger partial charge on any atom is 0.338 e. The molecule has 4 atom stereocenters. The van der Waals surface area contributed by atoms with Gasteiger partial charge in [0.2, 0.25) is 0 Å². The minimum absolute atomic E-state index is 0.255. The molecule has 0 heterocycles. The summed E-state index contributed by atoms with van der Waals surface area (Å²) < 4.78 is 10.8. The van der Waals surface area contributed by atoms with Crippen molar-refractivity contribution in [3.63, 3.8) is 0 Å². The van der Waals surface area contributed by atoms with Gasteiger partial charge in [0.25, 0.3) is 0 Å². The topological polar surface area (TPSA) is 137 Å². The number of benzene rings is 1. The fourth-order valence-electron chi connectivity index (χ4n) is 6.55. The van der Waals surface area contributed by atoms with Gasteiger partial charge in [0.1, 0.15) is 36.8 Å². The molecule has 0 aliphatic rings. The average Bonchev–Trinajstić information content (AvgIpc) is 3.15. The molecule has 0 saturated heterocycles. The Morgan fingerprint density at radius 2 is 0.843 bits per heavy atom. The predicted octanol–water partition coefficient (Wildman–Crippen LogP) is 9.60. The van der Waals surface area contributed by atoms with Crippen LogP contribution >= 0.6 is 0 Å². The Hall–Kier alpha value is -1.71. The van der Waals surface area contributed by atoms with Gasteiger partial charge in [0, 0.05) is 0 Å². The zero-order chi connectivity index (χ0) is 37.2. The molecule has 0 aliphatic carbocycles.